The van der Waals surface area contributed by atoms with Crippen molar-refractivity contribution in [2.75, 3.05) is 13.2 Å². The van der Waals surface area contributed by atoms with Crippen LogP contribution in [-0.2, 0) is 4.79 Å². The highest BCUT2D eigenvalue weighted by Gasteiger charge is 2.04. The van der Waals surface area contributed by atoms with Gasteiger partial charge in [0, 0.05) is 6.54 Å². The summed E-state index contributed by atoms with van der Waals surface area (Å²) in [5.41, 5.74) is 0.758. The zero-order valence-electron chi connectivity index (χ0n) is 9.85. The first-order valence-electron chi connectivity index (χ1n) is 5.42. The van der Waals surface area contributed by atoms with Crippen molar-refractivity contribution in [2.45, 2.75) is 13.0 Å². The van der Waals surface area contributed by atoms with Gasteiger partial charge in [-0.1, -0.05) is 18.2 Å². The molecule has 4 heteroatoms. The summed E-state index contributed by atoms with van der Waals surface area (Å²) in [7, 11) is 0. The molecule has 2 N–H and O–H groups in total. The fraction of sp³-hybridized carbons (Fsp3) is 0.308. The van der Waals surface area contributed by atoms with Crippen LogP contribution in [0, 0.1) is 0 Å². The van der Waals surface area contributed by atoms with E-state index < -0.39 is 6.10 Å². The van der Waals surface area contributed by atoms with Gasteiger partial charge in [0.25, 0.3) is 5.91 Å². The van der Waals surface area contributed by atoms with Crippen molar-refractivity contribution < 1.29 is 14.6 Å². The molecule has 1 atom stereocenters. The molecule has 1 rings (SSSR count). The summed E-state index contributed by atoms with van der Waals surface area (Å²) in [5.74, 6) is 0.365. The summed E-state index contributed by atoms with van der Waals surface area (Å²) in [6.45, 7) is 5.56. The van der Waals surface area contributed by atoms with Crippen molar-refractivity contribution in [2.24, 2.45) is 0 Å². The Kier molecular flexibility index (Phi) is 5.23. The standard InChI is InChI=1S/C13H17NO3/c1-3-7-14-13(16)9-17-12-6-4-5-11(8-12)10(2)15/h3-6,8,10,15H,1,7,9H2,2H3,(H,14,16)/t10-/m0/s1. The third-order valence-corrected chi connectivity index (χ3v) is 2.15. The van der Waals surface area contributed by atoms with Crippen LogP contribution >= 0.6 is 0 Å². The fourth-order valence-electron chi connectivity index (χ4n) is 1.25. The SMILES string of the molecule is C=CCNC(=O)COc1cccc([C@H](C)O)c1. The first-order valence-corrected chi connectivity index (χ1v) is 5.42. The third-order valence-electron chi connectivity index (χ3n) is 2.15. The molecular formula is C13H17NO3. The van der Waals surface area contributed by atoms with Crippen molar-refractivity contribution in [3.05, 3.63) is 42.5 Å². The number of carbonyl (C=O) groups excluding carboxylic acids is 1. The molecule has 0 aromatic heterocycles. The summed E-state index contributed by atoms with van der Waals surface area (Å²) in [5, 5.41) is 12.0. The van der Waals surface area contributed by atoms with Crippen LogP contribution in [0.5, 0.6) is 5.75 Å². The largest absolute Gasteiger partial charge is 0.484 e. The number of aliphatic hydroxyl groups is 1. The Morgan fingerprint density at radius 3 is 3.06 bits per heavy atom. The molecule has 0 aliphatic heterocycles. The topological polar surface area (TPSA) is 58.6 Å². The summed E-state index contributed by atoms with van der Waals surface area (Å²) in [6.07, 6.45) is 1.06. The van der Waals surface area contributed by atoms with Gasteiger partial charge < -0.3 is 15.2 Å². The van der Waals surface area contributed by atoms with Crippen molar-refractivity contribution >= 4 is 5.91 Å². The van der Waals surface area contributed by atoms with E-state index in [2.05, 4.69) is 11.9 Å². The Hall–Kier alpha value is -1.81. The van der Waals surface area contributed by atoms with E-state index in [-0.39, 0.29) is 12.5 Å². The first kappa shape index (κ1) is 13.3. The quantitative estimate of drug-likeness (QED) is 0.733. The predicted molar refractivity (Wildman–Crippen MR) is 65.8 cm³/mol. The number of rotatable bonds is 6. The van der Waals surface area contributed by atoms with Crippen LogP contribution < -0.4 is 10.1 Å². The zero-order chi connectivity index (χ0) is 12.7. The Morgan fingerprint density at radius 1 is 1.65 bits per heavy atom. The van der Waals surface area contributed by atoms with Gasteiger partial charge in [0.1, 0.15) is 5.75 Å². The van der Waals surface area contributed by atoms with Gasteiger partial charge in [0.2, 0.25) is 0 Å². The number of amides is 1. The molecule has 0 radical (unpaired) electrons. The number of aliphatic hydroxyl groups excluding tert-OH is 1. The van der Waals surface area contributed by atoms with Gasteiger partial charge in [-0.2, -0.15) is 0 Å². The minimum absolute atomic E-state index is 0.0445. The molecule has 0 aliphatic rings. The lowest BCUT2D eigenvalue weighted by Gasteiger charge is -2.09. The Labute approximate surface area is 101 Å². The van der Waals surface area contributed by atoms with Gasteiger partial charge in [-0.3, -0.25) is 4.79 Å². The number of ether oxygens (including phenoxy) is 1. The summed E-state index contributed by atoms with van der Waals surface area (Å²) in [6, 6.07) is 7.03. The predicted octanol–water partition coefficient (Wildman–Crippen LogP) is 1.42. The normalized spacial score (nSPS) is 11.6. The first-order chi connectivity index (χ1) is 8.13. The molecular weight excluding hydrogens is 218 g/mol. The van der Waals surface area contributed by atoms with E-state index in [1.807, 2.05) is 0 Å². The lowest BCUT2D eigenvalue weighted by Crippen LogP contribution is -2.28. The van der Waals surface area contributed by atoms with Gasteiger partial charge >= 0.3 is 0 Å². The van der Waals surface area contributed by atoms with Crippen LogP contribution in [0.1, 0.15) is 18.6 Å². The number of carbonyl (C=O) groups is 1. The third kappa shape index (κ3) is 4.70. The molecule has 17 heavy (non-hydrogen) atoms. The molecule has 0 saturated heterocycles. The van der Waals surface area contributed by atoms with E-state index in [4.69, 9.17) is 4.74 Å². The van der Waals surface area contributed by atoms with Gasteiger partial charge in [-0.25, -0.2) is 0 Å². The van der Waals surface area contributed by atoms with Crippen molar-refractivity contribution in [1.82, 2.24) is 5.32 Å². The second-order valence-corrected chi connectivity index (χ2v) is 3.63. The smallest absolute Gasteiger partial charge is 0.258 e. The van der Waals surface area contributed by atoms with E-state index in [0.29, 0.717) is 12.3 Å². The van der Waals surface area contributed by atoms with Gasteiger partial charge in [0.05, 0.1) is 6.10 Å². The molecule has 0 heterocycles. The van der Waals surface area contributed by atoms with Crippen LogP contribution in [0.15, 0.2) is 36.9 Å². The lowest BCUT2D eigenvalue weighted by molar-refractivity contribution is -0.122. The highest BCUT2D eigenvalue weighted by atomic mass is 16.5. The Morgan fingerprint density at radius 2 is 2.41 bits per heavy atom. The van der Waals surface area contributed by atoms with Gasteiger partial charge in [-0.05, 0) is 24.6 Å². The molecule has 1 amide bonds. The van der Waals surface area contributed by atoms with Crippen LogP contribution in [0.2, 0.25) is 0 Å². The van der Waals surface area contributed by atoms with E-state index in [9.17, 15) is 9.90 Å². The van der Waals surface area contributed by atoms with Crippen molar-refractivity contribution in [3.63, 3.8) is 0 Å². The highest BCUT2D eigenvalue weighted by molar-refractivity contribution is 5.77. The second kappa shape index (κ2) is 6.70. The molecule has 0 unspecified atom stereocenters. The Bertz CT molecular complexity index is 388. The maximum atomic E-state index is 11.3. The minimum atomic E-state index is -0.548. The lowest BCUT2D eigenvalue weighted by atomic mass is 10.1. The number of hydrogen-bond acceptors (Lipinski definition) is 3. The molecule has 1 aromatic rings. The molecule has 0 fully saturated rings. The summed E-state index contributed by atoms with van der Waals surface area (Å²) >= 11 is 0. The van der Waals surface area contributed by atoms with Gasteiger partial charge in [-0.15, -0.1) is 6.58 Å². The van der Waals surface area contributed by atoms with E-state index in [1.54, 1.807) is 37.3 Å². The monoisotopic (exact) mass is 235 g/mol. The van der Waals surface area contributed by atoms with Crippen molar-refractivity contribution in [1.29, 1.82) is 0 Å². The van der Waals surface area contributed by atoms with Crippen LogP contribution in [0.25, 0.3) is 0 Å². The van der Waals surface area contributed by atoms with Crippen molar-refractivity contribution in [3.8, 4) is 5.75 Å². The molecule has 4 nitrogen and oxygen atoms in total. The minimum Gasteiger partial charge on any atom is -0.484 e. The molecule has 0 saturated carbocycles. The Balaban J connectivity index is 2.48. The fourth-order valence-corrected chi connectivity index (χ4v) is 1.25. The molecule has 0 spiro atoms. The van der Waals surface area contributed by atoms with E-state index >= 15 is 0 Å². The van der Waals surface area contributed by atoms with Crippen LogP contribution in [-0.4, -0.2) is 24.2 Å². The molecule has 0 bridgehead atoms. The number of hydrogen-bond donors (Lipinski definition) is 2. The second-order valence-electron chi connectivity index (χ2n) is 3.63. The average Bonchev–Trinajstić information content (AvgIpc) is 2.34. The molecule has 0 aliphatic carbocycles. The number of benzene rings is 1. The zero-order valence-corrected chi connectivity index (χ0v) is 9.85. The highest BCUT2D eigenvalue weighted by Crippen LogP contribution is 2.18. The number of nitrogens with one attached hydrogen (secondary N) is 1. The molecule has 92 valence electrons. The molecule has 1 aromatic carbocycles. The summed E-state index contributed by atoms with van der Waals surface area (Å²) in [4.78, 5) is 11.3. The van der Waals surface area contributed by atoms with E-state index in [1.165, 1.54) is 0 Å². The average molecular weight is 235 g/mol. The van der Waals surface area contributed by atoms with Crippen LogP contribution in [0.4, 0.5) is 0 Å². The van der Waals surface area contributed by atoms with Crippen LogP contribution in [0.3, 0.4) is 0 Å². The summed E-state index contributed by atoms with van der Waals surface area (Å²) < 4.78 is 5.30. The maximum Gasteiger partial charge on any atom is 0.258 e. The van der Waals surface area contributed by atoms with E-state index in [0.717, 1.165) is 5.56 Å². The van der Waals surface area contributed by atoms with Gasteiger partial charge in [0.15, 0.2) is 6.61 Å². The maximum absolute atomic E-state index is 11.3.